The fourth-order valence-electron chi connectivity index (χ4n) is 0.919. The Bertz CT molecular complexity index is 354. The van der Waals surface area contributed by atoms with Crippen LogP contribution in [-0.4, -0.2) is 31.0 Å². The molecule has 1 N–H and O–H groups in total. The van der Waals surface area contributed by atoms with Crippen LogP contribution >= 0.6 is 11.3 Å². The number of hydrogen-bond donors (Lipinski definition) is 1. The number of carbonyl (C=O) groups is 1. The minimum Gasteiger partial charge on any atom is -0.465 e. The quantitative estimate of drug-likeness (QED) is 0.811. The normalized spacial score (nSPS) is 10.5. The summed E-state index contributed by atoms with van der Waals surface area (Å²) in [6.07, 6.45) is -2.45. The van der Waals surface area contributed by atoms with Crippen molar-refractivity contribution in [2.24, 2.45) is 0 Å². The van der Waals surface area contributed by atoms with Crippen molar-refractivity contribution < 1.29 is 18.3 Å². The van der Waals surface area contributed by atoms with Gasteiger partial charge in [-0.15, -0.1) is 0 Å². The Morgan fingerprint density at radius 3 is 2.87 bits per heavy atom. The second-order valence-corrected chi connectivity index (χ2v) is 3.70. The van der Waals surface area contributed by atoms with E-state index in [1.807, 2.05) is 0 Å². The summed E-state index contributed by atoms with van der Waals surface area (Å²) in [5.74, 6) is -0.505. The molecule has 0 aliphatic heterocycles. The Balaban J connectivity index is 2.72. The fraction of sp³-hybridized carbons (Fsp3) is 0.500. The number of alkyl halides is 2. The largest absolute Gasteiger partial charge is 0.465 e. The second kappa shape index (κ2) is 5.01. The van der Waals surface area contributed by atoms with Crippen LogP contribution in [0.15, 0.2) is 0 Å². The van der Waals surface area contributed by atoms with E-state index in [9.17, 15) is 13.6 Å². The van der Waals surface area contributed by atoms with E-state index in [0.29, 0.717) is 15.7 Å². The average molecular weight is 236 g/mol. The highest BCUT2D eigenvalue weighted by Gasteiger charge is 2.15. The SMILES string of the molecule is COC(=O)c1sc(NCC(F)F)nc1C. The predicted octanol–water partition coefficient (Wildman–Crippen LogP) is 1.92. The number of carbonyl (C=O) groups excluding carboxylic acids is 1. The zero-order valence-electron chi connectivity index (χ0n) is 8.21. The van der Waals surface area contributed by atoms with Crippen molar-refractivity contribution in [3.05, 3.63) is 10.6 Å². The van der Waals surface area contributed by atoms with Crippen molar-refractivity contribution >= 4 is 22.4 Å². The highest BCUT2D eigenvalue weighted by molar-refractivity contribution is 7.17. The van der Waals surface area contributed by atoms with Gasteiger partial charge in [-0.25, -0.2) is 18.6 Å². The number of nitrogens with zero attached hydrogens (tertiary/aromatic N) is 1. The average Bonchev–Trinajstić information content (AvgIpc) is 2.55. The van der Waals surface area contributed by atoms with Crippen molar-refractivity contribution in [2.75, 3.05) is 19.0 Å². The molecule has 0 spiro atoms. The summed E-state index contributed by atoms with van der Waals surface area (Å²) >= 11 is 1.00. The second-order valence-electron chi connectivity index (χ2n) is 2.70. The maximum atomic E-state index is 11.9. The van der Waals surface area contributed by atoms with Gasteiger partial charge in [0, 0.05) is 0 Å². The summed E-state index contributed by atoms with van der Waals surface area (Å²) in [7, 11) is 1.26. The molecule has 0 saturated heterocycles. The third-order valence-corrected chi connectivity index (χ3v) is 2.67. The smallest absolute Gasteiger partial charge is 0.350 e. The summed E-state index contributed by atoms with van der Waals surface area (Å²) in [6, 6.07) is 0. The molecule has 0 aromatic carbocycles. The summed E-state index contributed by atoms with van der Waals surface area (Å²) in [5.41, 5.74) is 0.476. The van der Waals surface area contributed by atoms with Crippen LogP contribution in [0.25, 0.3) is 0 Å². The van der Waals surface area contributed by atoms with E-state index < -0.39 is 18.9 Å². The predicted molar refractivity (Wildman–Crippen MR) is 52.7 cm³/mol. The van der Waals surface area contributed by atoms with Crippen LogP contribution < -0.4 is 5.32 Å². The van der Waals surface area contributed by atoms with Crippen molar-refractivity contribution in [1.29, 1.82) is 0 Å². The number of hydrogen-bond acceptors (Lipinski definition) is 5. The first-order valence-corrected chi connectivity index (χ1v) is 4.94. The van der Waals surface area contributed by atoms with Gasteiger partial charge in [-0.3, -0.25) is 0 Å². The molecule has 15 heavy (non-hydrogen) atoms. The molecule has 0 aliphatic carbocycles. The van der Waals surface area contributed by atoms with Gasteiger partial charge in [0.05, 0.1) is 19.3 Å². The minimum absolute atomic E-state index is 0.299. The molecule has 0 radical (unpaired) electrons. The van der Waals surface area contributed by atoms with Gasteiger partial charge in [0.2, 0.25) is 0 Å². The summed E-state index contributed by atoms with van der Waals surface area (Å²) in [5, 5.41) is 2.73. The molecule has 1 rings (SSSR count). The first-order valence-electron chi connectivity index (χ1n) is 4.12. The van der Waals surface area contributed by atoms with Crippen LogP contribution in [0.3, 0.4) is 0 Å². The molecule has 0 aliphatic rings. The molecule has 1 aromatic rings. The molecular formula is C8H10F2N2O2S. The summed E-state index contributed by atoms with van der Waals surface area (Å²) in [4.78, 5) is 15.4. The van der Waals surface area contributed by atoms with Crippen LogP contribution in [0.5, 0.6) is 0 Å². The van der Waals surface area contributed by atoms with Crippen molar-refractivity contribution in [3.63, 3.8) is 0 Å². The lowest BCUT2D eigenvalue weighted by Crippen LogP contribution is -2.09. The molecule has 0 fully saturated rings. The zero-order valence-corrected chi connectivity index (χ0v) is 9.03. The Labute approximate surface area is 89.3 Å². The molecule has 7 heteroatoms. The zero-order chi connectivity index (χ0) is 11.4. The standard InChI is InChI=1S/C8H10F2N2O2S/c1-4-6(7(13)14-2)15-8(12-4)11-3-5(9)10/h5H,3H2,1-2H3,(H,11,12). The lowest BCUT2D eigenvalue weighted by molar-refractivity contribution is 0.0605. The summed E-state index contributed by atoms with van der Waals surface area (Å²) < 4.78 is 28.3. The van der Waals surface area contributed by atoms with Crippen molar-refractivity contribution in [2.45, 2.75) is 13.3 Å². The van der Waals surface area contributed by atoms with Gasteiger partial charge in [0.1, 0.15) is 4.88 Å². The molecule has 0 amide bonds. The van der Waals surface area contributed by atoms with E-state index >= 15 is 0 Å². The maximum Gasteiger partial charge on any atom is 0.350 e. The Morgan fingerprint density at radius 1 is 1.67 bits per heavy atom. The first kappa shape index (κ1) is 11.8. The third kappa shape index (κ3) is 3.12. The van der Waals surface area contributed by atoms with Gasteiger partial charge in [0.25, 0.3) is 6.43 Å². The Morgan fingerprint density at radius 2 is 2.33 bits per heavy atom. The number of methoxy groups -OCH3 is 1. The van der Waals surface area contributed by atoms with Crippen molar-refractivity contribution in [3.8, 4) is 0 Å². The van der Waals surface area contributed by atoms with Crippen LogP contribution in [0.2, 0.25) is 0 Å². The molecule has 0 atom stereocenters. The molecular weight excluding hydrogens is 226 g/mol. The fourth-order valence-corrected chi connectivity index (χ4v) is 1.81. The van der Waals surface area contributed by atoms with E-state index in [2.05, 4.69) is 15.0 Å². The third-order valence-electron chi connectivity index (χ3n) is 1.57. The van der Waals surface area contributed by atoms with Gasteiger partial charge < -0.3 is 10.1 Å². The minimum atomic E-state index is -2.45. The molecule has 0 saturated carbocycles. The van der Waals surface area contributed by atoms with Gasteiger partial charge in [-0.2, -0.15) is 0 Å². The molecule has 1 heterocycles. The molecule has 0 unspecified atom stereocenters. The van der Waals surface area contributed by atoms with Crippen LogP contribution in [0, 0.1) is 6.92 Å². The Kier molecular flexibility index (Phi) is 3.96. The number of ether oxygens (including phenoxy) is 1. The van der Waals surface area contributed by atoms with Crippen LogP contribution in [0.1, 0.15) is 15.4 Å². The molecule has 4 nitrogen and oxygen atoms in total. The summed E-state index contributed by atoms with van der Waals surface area (Å²) in [6.45, 7) is 1.14. The highest BCUT2D eigenvalue weighted by atomic mass is 32.1. The van der Waals surface area contributed by atoms with E-state index in [0.717, 1.165) is 11.3 Å². The maximum absolute atomic E-state index is 11.9. The molecule has 1 aromatic heterocycles. The van der Waals surface area contributed by atoms with Crippen molar-refractivity contribution in [1.82, 2.24) is 4.98 Å². The lowest BCUT2D eigenvalue weighted by Gasteiger charge is -1.99. The number of aryl methyl sites for hydroxylation is 1. The van der Waals surface area contributed by atoms with E-state index in [1.165, 1.54) is 7.11 Å². The number of anilines is 1. The number of rotatable bonds is 4. The Hall–Kier alpha value is -1.24. The topological polar surface area (TPSA) is 51.2 Å². The van der Waals surface area contributed by atoms with E-state index in [4.69, 9.17) is 0 Å². The van der Waals surface area contributed by atoms with Gasteiger partial charge in [0.15, 0.2) is 5.13 Å². The number of aromatic nitrogens is 1. The number of nitrogens with one attached hydrogen (secondary N) is 1. The van der Waals surface area contributed by atoms with Gasteiger partial charge in [-0.05, 0) is 6.92 Å². The monoisotopic (exact) mass is 236 g/mol. The first-order chi connectivity index (χ1) is 7.04. The molecule has 84 valence electrons. The number of esters is 1. The highest BCUT2D eigenvalue weighted by Crippen LogP contribution is 2.23. The lowest BCUT2D eigenvalue weighted by atomic mass is 10.4. The van der Waals surface area contributed by atoms with E-state index in [1.54, 1.807) is 6.92 Å². The van der Waals surface area contributed by atoms with Gasteiger partial charge in [-0.1, -0.05) is 11.3 Å². The van der Waals surface area contributed by atoms with E-state index in [-0.39, 0.29) is 0 Å². The van der Waals surface area contributed by atoms with Crippen LogP contribution in [-0.2, 0) is 4.74 Å². The van der Waals surface area contributed by atoms with Gasteiger partial charge >= 0.3 is 5.97 Å². The number of halogens is 2. The number of thiazole rings is 1. The molecule has 0 bridgehead atoms. The van der Waals surface area contributed by atoms with Crippen LogP contribution in [0.4, 0.5) is 13.9 Å².